The van der Waals surface area contributed by atoms with Gasteiger partial charge in [0, 0.05) is 27.2 Å². The van der Waals surface area contributed by atoms with Crippen molar-refractivity contribution < 1.29 is 4.79 Å². The van der Waals surface area contributed by atoms with E-state index in [9.17, 15) is 4.79 Å². The molecule has 4 heteroatoms. The molecule has 0 saturated carbocycles. The summed E-state index contributed by atoms with van der Waals surface area (Å²) in [6.45, 7) is 0. The number of benzene rings is 2. The molecule has 3 rings (SSSR count). The van der Waals surface area contributed by atoms with Gasteiger partial charge in [-0.1, -0.05) is 36.0 Å². The SMILES string of the molecule is CN1/C(=C/C(=O)c2ccc(I)cc2)Sc2ccccc21. The molecule has 0 spiro atoms. The number of hydrogen-bond acceptors (Lipinski definition) is 3. The first-order chi connectivity index (χ1) is 9.65. The van der Waals surface area contributed by atoms with Gasteiger partial charge in [-0.25, -0.2) is 0 Å². The van der Waals surface area contributed by atoms with E-state index >= 15 is 0 Å². The van der Waals surface area contributed by atoms with Gasteiger partial charge in [0.15, 0.2) is 5.78 Å². The third kappa shape index (κ3) is 2.62. The number of carbonyl (C=O) groups excluding carboxylic acids is 1. The summed E-state index contributed by atoms with van der Waals surface area (Å²) in [6.07, 6.45) is 1.72. The molecule has 0 amide bonds. The van der Waals surface area contributed by atoms with Gasteiger partial charge in [0.25, 0.3) is 0 Å². The number of thioether (sulfide) groups is 1. The van der Waals surface area contributed by atoms with Crippen LogP contribution in [0.15, 0.2) is 64.5 Å². The maximum absolute atomic E-state index is 12.3. The lowest BCUT2D eigenvalue weighted by Gasteiger charge is -2.12. The van der Waals surface area contributed by atoms with Crippen LogP contribution in [0.3, 0.4) is 0 Å². The Morgan fingerprint density at radius 1 is 1.15 bits per heavy atom. The molecule has 20 heavy (non-hydrogen) atoms. The fourth-order valence-corrected chi connectivity index (χ4v) is 3.50. The van der Waals surface area contributed by atoms with Crippen molar-refractivity contribution >= 4 is 45.8 Å². The Labute approximate surface area is 136 Å². The molecule has 0 saturated heterocycles. The van der Waals surface area contributed by atoms with Crippen LogP contribution < -0.4 is 4.90 Å². The van der Waals surface area contributed by atoms with Crippen molar-refractivity contribution in [2.24, 2.45) is 0 Å². The predicted molar refractivity (Wildman–Crippen MR) is 92.3 cm³/mol. The minimum Gasteiger partial charge on any atom is -0.338 e. The average Bonchev–Trinajstić information content (AvgIpc) is 2.77. The zero-order chi connectivity index (χ0) is 14.1. The van der Waals surface area contributed by atoms with Crippen LogP contribution in [0.2, 0.25) is 0 Å². The van der Waals surface area contributed by atoms with Crippen LogP contribution in [0.1, 0.15) is 10.4 Å². The van der Waals surface area contributed by atoms with Crippen LogP contribution >= 0.6 is 34.4 Å². The standard InChI is InChI=1S/C16H12INOS/c1-18-13-4-2-3-5-15(13)20-16(18)10-14(19)11-6-8-12(17)9-7-11/h2-10H,1H3/b16-10-. The van der Waals surface area contributed by atoms with Crippen LogP contribution in [0.4, 0.5) is 5.69 Å². The van der Waals surface area contributed by atoms with Gasteiger partial charge in [-0.3, -0.25) is 4.79 Å². The molecule has 0 atom stereocenters. The van der Waals surface area contributed by atoms with Crippen LogP contribution in [-0.4, -0.2) is 12.8 Å². The van der Waals surface area contributed by atoms with E-state index in [0.29, 0.717) is 0 Å². The van der Waals surface area contributed by atoms with Gasteiger partial charge in [0.05, 0.1) is 10.7 Å². The highest BCUT2D eigenvalue weighted by Crippen LogP contribution is 2.44. The number of allylic oxidation sites excluding steroid dienone is 1. The maximum Gasteiger partial charge on any atom is 0.188 e. The Morgan fingerprint density at radius 2 is 1.85 bits per heavy atom. The van der Waals surface area contributed by atoms with Gasteiger partial charge in [0.1, 0.15) is 0 Å². The number of nitrogens with zero attached hydrogens (tertiary/aromatic N) is 1. The molecule has 0 fully saturated rings. The first kappa shape index (κ1) is 13.7. The van der Waals surface area contributed by atoms with Crippen LogP contribution in [0.5, 0.6) is 0 Å². The maximum atomic E-state index is 12.3. The molecule has 0 aliphatic carbocycles. The fourth-order valence-electron chi connectivity index (χ4n) is 2.06. The Bertz CT molecular complexity index is 694. The number of halogens is 1. The Morgan fingerprint density at radius 3 is 2.55 bits per heavy atom. The molecule has 0 radical (unpaired) electrons. The van der Waals surface area contributed by atoms with Crippen molar-refractivity contribution in [2.75, 3.05) is 11.9 Å². The number of anilines is 1. The van der Waals surface area contributed by atoms with E-state index in [1.807, 2.05) is 43.4 Å². The van der Waals surface area contributed by atoms with E-state index in [1.54, 1.807) is 17.8 Å². The molecule has 100 valence electrons. The normalized spacial score (nSPS) is 15.5. The molecule has 2 aromatic rings. The molecule has 1 heterocycles. The zero-order valence-corrected chi connectivity index (χ0v) is 13.8. The fraction of sp³-hybridized carbons (Fsp3) is 0.0625. The van der Waals surface area contributed by atoms with Crippen molar-refractivity contribution in [3.05, 3.63) is 68.8 Å². The first-order valence-electron chi connectivity index (χ1n) is 6.17. The number of hydrogen-bond donors (Lipinski definition) is 0. The van der Waals surface area contributed by atoms with Crippen LogP contribution in [0, 0.1) is 3.57 Å². The lowest BCUT2D eigenvalue weighted by molar-refractivity contribution is 0.104. The summed E-state index contributed by atoms with van der Waals surface area (Å²) >= 11 is 3.87. The molecule has 0 aromatic heterocycles. The van der Waals surface area contributed by atoms with Crippen LogP contribution in [0.25, 0.3) is 0 Å². The lowest BCUT2D eigenvalue weighted by atomic mass is 10.1. The van der Waals surface area contributed by atoms with E-state index in [0.717, 1.165) is 19.9 Å². The zero-order valence-electron chi connectivity index (χ0n) is 10.8. The quantitative estimate of drug-likeness (QED) is 0.424. The Kier molecular flexibility index (Phi) is 3.85. The molecule has 2 aromatic carbocycles. The van der Waals surface area contributed by atoms with E-state index in [4.69, 9.17) is 0 Å². The largest absolute Gasteiger partial charge is 0.338 e. The van der Waals surface area contributed by atoms with Crippen molar-refractivity contribution in [1.82, 2.24) is 0 Å². The number of fused-ring (bicyclic) bond motifs is 1. The molecular weight excluding hydrogens is 381 g/mol. The Balaban J connectivity index is 1.87. The number of para-hydroxylation sites is 1. The third-order valence-corrected chi connectivity index (χ3v) is 5.04. The van der Waals surface area contributed by atoms with Crippen molar-refractivity contribution in [3.63, 3.8) is 0 Å². The van der Waals surface area contributed by atoms with E-state index < -0.39 is 0 Å². The highest BCUT2D eigenvalue weighted by atomic mass is 127. The smallest absolute Gasteiger partial charge is 0.188 e. The minimum atomic E-state index is 0.0450. The molecular formula is C16H12INOS. The summed E-state index contributed by atoms with van der Waals surface area (Å²) in [5.74, 6) is 0.0450. The van der Waals surface area contributed by atoms with E-state index in [1.165, 1.54) is 4.90 Å². The lowest BCUT2D eigenvalue weighted by Crippen LogP contribution is -2.11. The summed E-state index contributed by atoms with van der Waals surface area (Å²) in [6, 6.07) is 15.8. The summed E-state index contributed by atoms with van der Waals surface area (Å²) < 4.78 is 1.13. The van der Waals surface area contributed by atoms with Crippen molar-refractivity contribution in [3.8, 4) is 0 Å². The second kappa shape index (κ2) is 5.61. The van der Waals surface area contributed by atoms with Gasteiger partial charge in [0.2, 0.25) is 0 Å². The molecule has 2 nitrogen and oxygen atoms in total. The van der Waals surface area contributed by atoms with Gasteiger partial charge in [-0.2, -0.15) is 0 Å². The van der Waals surface area contributed by atoms with E-state index in [-0.39, 0.29) is 5.78 Å². The second-order valence-corrected chi connectivity index (χ2v) is 6.79. The Hall–Kier alpha value is -1.27. The highest BCUT2D eigenvalue weighted by molar-refractivity contribution is 14.1. The van der Waals surface area contributed by atoms with E-state index in [2.05, 4.69) is 39.6 Å². The van der Waals surface area contributed by atoms with Gasteiger partial charge < -0.3 is 4.90 Å². The number of rotatable bonds is 2. The number of ketones is 1. The highest BCUT2D eigenvalue weighted by Gasteiger charge is 2.22. The predicted octanol–water partition coefficient (Wildman–Crippen LogP) is 4.56. The molecule has 0 bridgehead atoms. The van der Waals surface area contributed by atoms with Crippen LogP contribution in [-0.2, 0) is 0 Å². The second-order valence-electron chi connectivity index (χ2n) is 4.48. The first-order valence-corrected chi connectivity index (χ1v) is 8.07. The topological polar surface area (TPSA) is 20.3 Å². The summed E-state index contributed by atoms with van der Waals surface area (Å²) in [5, 5.41) is 0.967. The summed E-state index contributed by atoms with van der Waals surface area (Å²) in [4.78, 5) is 15.5. The molecule has 0 N–H and O–H groups in total. The van der Waals surface area contributed by atoms with Gasteiger partial charge in [-0.05, 0) is 46.9 Å². The average molecular weight is 393 g/mol. The monoisotopic (exact) mass is 393 g/mol. The van der Waals surface area contributed by atoms with Gasteiger partial charge >= 0.3 is 0 Å². The summed E-state index contributed by atoms with van der Waals surface area (Å²) in [5.41, 5.74) is 1.88. The molecule has 1 aliphatic rings. The minimum absolute atomic E-state index is 0.0450. The number of carbonyl (C=O) groups is 1. The third-order valence-electron chi connectivity index (χ3n) is 3.16. The van der Waals surface area contributed by atoms with Crippen molar-refractivity contribution in [1.29, 1.82) is 0 Å². The molecule has 1 aliphatic heterocycles. The van der Waals surface area contributed by atoms with Gasteiger partial charge in [-0.15, -0.1) is 0 Å². The molecule has 0 unspecified atom stereocenters. The van der Waals surface area contributed by atoms with Crippen molar-refractivity contribution in [2.45, 2.75) is 4.90 Å². The summed E-state index contributed by atoms with van der Waals surface area (Å²) in [7, 11) is 1.99.